The highest BCUT2D eigenvalue weighted by atomic mass is 19.1. The van der Waals surface area contributed by atoms with Crippen molar-refractivity contribution in [1.29, 1.82) is 0 Å². The number of hydroxylamine groups is 1. The normalized spacial score (nSPS) is 18.9. The molecule has 1 saturated heterocycles. The van der Waals surface area contributed by atoms with Crippen LogP contribution in [0, 0.1) is 16.6 Å². The highest BCUT2D eigenvalue weighted by Crippen LogP contribution is 2.43. The third-order valence-electron chi connectivity index (χ3n) is 6.53. The lowest BCUT2D eigenvalue weighted by atomic mass is 9.77. The van der Waals surface area contributed by atoms with Gasteiger partial charge in [0.25, 0.3) is 0 Å². The number of rotatable bonds is 9. The fourth-order valence-corrected chi connectivity index (χ4v) is 4.86. The van der Waals surface area contributed by atoms with Crippen LogP contribution in [0.1, 0.15) is 52.0 Å². The van der Waals surface area contributed by atoms with E-state index in [-0.39, 0.29) is 24.1 Å². The fraction of sp³-hybridized carbons (Fsp3) is 0.462. The number of anilines is 1. The Labute approximate surface area is 204 Å². The molecular formula is C26H33FN4O4. The van der Waals surface area contributed by atoms with Gasteiger partial charge in [0.05, 0.1) is 5.41 Å². The van der Waals surface area contributed by atoms with Gasteiger partial charge in [-0.15, -0.1) is 0 Å². The third kappa shape index (κ3) is 6.42. The van der Waals surface area contributed by atoms with E-state index in [9.17, 15) is 18.8 Å². The quantitative estimate of drug-likeness (QED) is 0.371. The van der Waals surface area contributed by atoms with Crippen LogP contribution >= 0.6 is 0 Å². The number of pyridine rings is 1. The molecule has 1 aromatic carbocycles. The lowest BCUT2D eigenvalue weighted by Gasteiger charge is -2.38. The molecule has 0 spiro atoms. The maximum absolute atomic E-state index is 13.8. The molecule has 1 aliphatic rings. The second-order valence-corrected chi connectivity index (χ2v) is 10.2. The zero-order valence-electron chi connectivity index (χ0n) is 20.4. The molecule has 3 N–H and O–H groups in total. The van der Waals surface area contributed by atoms with Crippen LogP contribution in [0.3, 0.4) is 0 Å². The first-order chi connectivity index (χ1) is 16.6. The van der Waals surface area contributed by atoms with Crippen molar-refractivity contribution < 1.29 is 24.0 Å². The van der Waals surface area contributed by atoms with Gasteiger partial charge in [0, 0.05) is 31.0 Å². The van der Waals surface area contributed by atoms with Crippen LogP contribution in [0.15, 0.2) is 48.8 Å². The van der Waals surface area contributed by atoms with Crippen LogP contribution in [0.25, 0.3) is 0 Å². The molecule has 0 aliphatic carbocycles. The number of carbonyl (C=O) groups excluding carboxylic acids is 3. The highest BCUT2D eigenvalue weighted by molar-refractivity contribution is 5.99. The van der Waals surface area contributed by atoms with Gasteiger partial charge in [0.15, 0.2) is 0 Å². The summed E-state index contributed by atoms with van der Waals surface area (Å²) >= 11 is 0. The lowest BCUT2D eigenvalue weighted by Crippen LogP contribution is -2.54. The van der Waals surface area contributed by atoms with Gasteiger partial charge in [0.2, 0.25) is 17.7 Å². The predicted molar refractivity (Wildman–Crippen MR) is 129 cm³/mol. The van der Waals surface area contributed by atoms with Crippen molar-refractivity contribution in [3.8, 4) is 0 Å². The van der Waals surface area contributed by atoms with Crippen LogP contribution in [0.4, 0.5) is 10.1 Å². The van der Waals surface area contributed by atoms with E-state index < -0.39 is 22.8 Å². The summed E-state index contributed by atoms with van der Waals surface area (Å²) in [6, 6.07) is 8.77. The maximum atomic E-state index is 13.8. The Hall–Kier alpha value is -3.33. The number of halogens is 1. The summed E-state index contributed by atoms with van der Waals surface area (Å²) in [5, 5.41) is 12.0. The standard InChI is InChI=1S/C26H33FN4O4/c1-25(2,3)22(23(33)29-20-10-14-28-15-11-20)31-16-13-26(24(31)34,17-21(32)30-35)12-4-5-18-6-8-19(27)9-7-18/h6-11,14-15,22,35H,4-5,12-13,16-17H2,1-3H3,(H,30,32)(H,28,29,33)/t22-,26-/m0/s1. The van der Waals surface area contributed by atoms with E-state index in [0.29, 0.717) is 37.9 Å². The molecule has 0 bridgehead atoms. The minimum absolute atomic E-state index is 0.176. The molecule has 2 heterocycles. The van der Waals surface area contributed by atoms with Crippen molar-refractivity contribution >= 4 is 23.4 Å². The molecule has 8 nitrogen and oxygen atoms in total. The lowest BCUT2D eigenvalue weighted by molar-refractivity contribution is -0.148. The van der Waals surface area contributed by atoms with Gasteiger partial charge in [-0.2, -0.15) is 0 Å². The van der Waals surface area contributed by atoms with E-state index >= 15 is 0 Å². The second-order valence-electron chi connectivity index (χ2n) is 10.2. The molecule has 1 aromatic heterocycles. The number of nitrogens with one attached hydrogen (secondary N) is 2. The summed E-state index contributed by atoms with van der Waals surface area (Å²) in [7, 11) is 0. The summed E-state index contributed by atoms with van der Waals surface area (Å²) in [6.07, 6.45) is 4.96. The Balaban J connectivity index is 1.81. The van der Waals surface area contributed by atoms with Crippen molar-refractivity contribution in [2.75, 3.05) is 11.9 Å². The van der Waals surface area contributed by atoms with Crippen molar-refractivity contribution in [3.63, 3.8) is 0 Å². The van der Waals surface area contributed by atoms with Crippen LogP contribution in [0.5, 0.6) is 0 Å². The molecular weight excluding hydrogens is 451 g/mol. The molecule has 35 heavy (non-hydrogen) atoms. The summed E-state index contributed by atoms with van der Waals surface area (Å²) in [5.41, 5.74) is 1.55. The van der Waals surface area contributed by atoms with Crippen molar-refractivity contribution in [2.24, 2.45) is 10.8 Å². The van der Waals surface area contributed by atoms with Gasteiger partial charge in [-0.05, 0) is 60.9 Å². The third-order valence-corrected chi connectivity index (χ3v) is 6.53. The molecule has 3 rings (SSSR count). The largest absolute Gasteiger partial charge is 0.330 e. The molecule has 1 fully saturated rings. The Morgan fingerprint density at radius 1 is 1.17 bits per heavy atom. The number of amides is 3. The van der Waals surface area contributed by atoms with E-state index in [4.69, 9.17) is 5.21 Å². The summed E-state index contributed by atoms with van der Waals surface area (Å²) in [6.45, 7) is 6.00. The topological polar surface area (TPSA) is 112 Å². The first-order valence-corrected chi connectivity index (χ1v) is 11.7. The summed E-state index contributed by atoms with van der Waals surface area (Å²) in [4.78, 5) is 44.9. The average Bonchev–Trinajstić information content (AvgIpc) is 3.10. The Bertz CT molecular complexity index is 1040. The SMILES string of the molecule is CC(C)(C)[C@H](C(=O)Nc1ccncc1)N1CC[C@@](CCCc2ccc(F)cc2)(CC(=O)NO)C1=O. The molecule has 1 aliphatic heterocycles. The zero-order valence-corrected chi connectivity index (χ0v) is 20.4. The molecule has 2 aromatic rings. The number of hydrogen-bond acceptors (Lipinski definition) is 5. The van der Waals surface area contributed by atoms with Crippen molar-refractivity contribution in [3.05, 3.63) is 60.2 Å². The van der Waals surface area contributed by atoms with E-state index in [1.807, 2.05) is 20.8 Å². The Kier molecular flexibility index (Phi) is 8.22. The van der Waals surface area contributed by atoms with Gasteiger partial charge < -0.3 is 10.2 Å². The molecule has 0 radical (unpaired) electrons. The van der Waals surface area contributed by atoms with Crippen LogP contribution in [-0.2, 0) is 20.8 Å². The van der Waals surface area contributed by atoms with Gasteiger partial charge in [-0.1, -0.05) is 32.9 Å². The first-order valence-electron chi connectivity index (χ1n) is 11.7. The Morgan fingerprint density at radius 2 is 1.83 bits per heavy atom. The van der Waals surface area contributed by atoms with Gasteiger partial charge in [0.1, 0.15) is 11.9 Å². The van der Waals surface area contributed by atoms with Crippen LogP contribution < -0.4 is 10.8 Å². The van der Waals surface area contributed by atoms with Gasteiger partial charge >= 0.3 is 0 Å². The molecule has 9 heteroatoms. The summed E-state index contributed by atoms with van der Waals surface area (Å²) < 4.78 is 13.2. The molecule has 2 atom stereocenters. The highest BCUT2D eigenvalue weighted by Gasteiger charge is 2.52. The maximum Gasteiger partial charge on any atom is 0.247 e. The monoisotopic (exact) mass is 484 g/mol. The van der Waals surface area contributed by atoms with Gasteiger partial charge in [-0.25, -0.2) is 9.87 Å². The number of likely N-dealkylation sites (tertiary alicyclic amines) is 1. The van der Waals surface area contributed by atoms with Crippen LogP contribution in [0.2, 0.25) is 0 Å². The first kappa shape index (κ1) is 26.3. The predicted octanol–water partition coefficient (Wildman–Crippen LogP) is 3.71. The molecule has 188 valence electrons. The molecule has 0 unspecified atom stereocenters. The number of benzene rings is 1. The second kappa shape index (κ2) is 10.9. The van der Waals surface area contributed by atoms with Crippen LogP contribution in [-0.4, -0.2) is 45.4 Å². The molecule has 0 saturated carbocycles. The van der Waals surface area contributed by atoms with Crippen molar-refractivity contribution in [1.82, 2.24) is 15.4 Å². The fourth-order valence-electron chi connectivity index (χ4n) is 4.86. The van der Waals surface area contributed by atoms with E-state index in [0.717, 1.165) is 5.56 Å². The van der Waals surface area contributed by atoms with Crippen molar-refractivity contribution in [2.45, 2.75) is 58.9 Å². The number of hydrogen-bond donors (Lipinski definition) is 3. The zero-order chi connectivity index (χ0) is 25.6. The van der Waals surface area contributed by atoms with E-state index in [2.05, 4.69) is 10.3 Å². The number of aryl methyl sites for hydroxylation is 1. The van der Waals surface area contributed by atoms with Gasteiger partial charge in [-0.3, -0.25) is 24.6 Å². The minimum Gasteiger partial charge on any atom is -0.330 e. The molecule has 3 amide bonds. The average molecular weight is 485 g/mol. The number of aromatic nitrogens is 1. The number of carbonyl (C=O) groups is 3. The smallest absolute Gasteiger partial charge is 0.247 e. The summed E-state index contributed by atoms with van der Waals surface area (Å²) in [5.74, 6) is -1.55. The minimum atomic E-state index is -1.03. The number of nitrogens with zero attached hydrogens (tertiary/aromatic N) is 2. The van der Waals surface area contributed by atoms with E-state index in [1.54, 1.807) is 47.0 Å². The Morgan fingerprint density at radius 3 is 2.43 bits per heavy atom. The van der Waals surface area contributed by atoms with E-state index in [1.165, 1.54) is 12.1 Å².